The van der Waals surface area contributed by atoms with Crippen LogP contribution in [-0.2, 0) is 9.59 Å². The molecule has 0 aromatic heterocycles. The van der Waals surface area contributed by atoms with E-state index in [0.29, 0.717) is 5.57 Å². The lowest BCUT2D eigenvalue weighted by atomic mass is 10.1. The molecule has 0 saturated heterocycles. The van der Waals surface area contributed by atoms with Gasteiger partial charge < -0.3 is 10.4 Å². The number of carboxylic acid groups (broad SMARTS) is 1. The molecule has 0 aromatic rings. The van der Waals surface area contributed by atoms with Gasteiger partial charge in [-0.25, -0.2) is 4.79 Å². The smallest absolute Gasteiger partial charge is 0.328 e. The molecule has 12 heavy (non-hydrogen) atoms. The molecule has 2 N–H and O–H groups in total. The Morgan fingerprint density at radius 3 is 2.08 bits per heavy atom. The molecule has 0 unspecified atom stereocenters. The molecule has 4 nitrogen and oxygen atoms in total. The molecule has 0 radical (unpaired) electrons. The lowest BCUT2D eigenvalue weighted by Crippen LogP contribution is -2.49. The maximum absolute atomic E-state index is 11.0. The van der Waals surface area contributed by atoms with Crippen LogP contribution in [0.3, 0.4) is 0 Å². The summed E-state index contributed by atoms with van der Waals surface area (Å²) in [6.45, 7) is 7.74. The molecule has 0 rings (SSSR count). The molecule has 0 aliphatic heterocycles. The lowest BCUT2D eigenvalue weighted by Gasteiger charge is -2.20. The third-order valence-corrected chi connectivity index (χ3v) is 1.35. The molecule has 0 saturated carbocycles. The summed E-state index contributed by atoms with van der Waals surface area (Å²) < 4.78 is 0. The van der Waals surface area contributed by atoms with Crippen LogP contribution in [0.5, 0.6) is 0 Å². The van der Waals surface area contributed by atoms with Crippen molar-refractivity contribution in [2.75, 3.05) is 0 Å². The van der Waals surface area contributed by atoms with Crippen LogP contribution in [0.15, 0.2) is 12.2 Å². The van der Waals surface area contributed by atoms with Crippen molar-refractivity contribution >= 4 is 11.9 Å². The van der Waals surface area contributed by atoms with Crippen molar-refractivity contribution in [2.24, 2.45) is 0 Å². The molecule has 0 aliphatic rings. The van der Waals surface area contributed by atoms with E-state index in [9.17, 15) is 9.59 Å². The van der Waals surface area contributed by atoms with Crippen LogP contribution >= 0.6 is 0 Å². The van der Waals surface area contributed by atoms with Gasteiger partial charge in [0, 0.05) is 5.57 Å². The average Bonchev–Trinajstić information content (AvgIpc) is 1.85. The molecule has 68 valence electrons. The van der Waals surface area contributed by atoms with Crippen molar-refractivity contribution in [1.29, 1.82) is 0 Å². The first-order valence-electron chi connectivity index (χ1n) is 3.49. The van der Waals surface area contributed by atoms with E-state index in [4.69, 9.17) is 5.11 Å². The van der Waals surface area contributed by atoms with Gasteiger partial charge in [0.25, 0.3) is 0 Å². The standard InChI is InChI=1S/C8H13NO3/c1-5(2)6(10)9-8(3,4)7(11)12/h1H2,2-4H3,(H,9,10)(H,11,12). The maximum atomic E-state index is 11.0. The first-order chi connectivity index (χ1) is 5.27. The van der Waals surface area contributed by atoms with E-state index in [0.717, 1.165) is 0 Å². The largest absolute Gasteiger partial charge is 0.480 e. The first-order valence-corrected chi connectivity index (χ1v) is 3.49. The minimum absolute atomic E-state index is 0.296. The predicted octanol–water partition coefficient (Wildman–Crippen LogP) is 0.542. The van der Waals surface area contributed by atoms with E-state index in [1.807, 2.05) is 0 Å². The number of hydrogen-bond donors (Lipinski definition) is 2. The number of aliphatic carboxylic acids is 1. The predicted molar refractivity (Wildman–Crippen MR) is 44.7 cm³/mol. The van der Waals surface area contributed by atoms with Gasteiger partial charge in [-0.2, -0.15) is 0 Å². The van der Waals surface area contributed by atoms with Crippen LogP contribution in [0, 0.1) is 0 Å². The number of rotatable bonds is 3. The SMILES string of the molecule is C=C(C)C(=O)NC(C)(C)C(=O)O. The minimum Gasteiger partial charge on any atom is -0.480 e. The summed E-state index contributed by atoms with van der Waals surface area (Å²) in [5.74, 6) is -1.51. The van der Waals surface area contributed by atoms with E-state index in [1.54, 1.807) is 0 Å². The van der Waals surface area contributed by atoms with Gasteiger partial charge in [-0.05, 0) is 20.8 Å². The number of carbonyl (C=O) groups excluding carboxylic acids is 1. The number of amides is 1. The monoisotopic (exact) mass is 171 g/mol. The van der Waals surface area contributed by atoms with Crippen molar-refractivity contribution < 1.29 is 14.7 Å². The van der Waals surface area contributed by atoms with Crippen molar-refractivity contribution in [1.82, 2.24) is 5.32 Å². The van der Waals surface area contributed by atoms with Crippen LogP contribution < -0.4 is 5.32 Å². The van der Waals surface area contributed by atoms with Gasteiger partial charge in [-0.3, -0.25) is 4.79 Å². The Morgan fingerprint density at radius 1 is 1.42 bits per heavy atom. The van der Waals surface area contributed by atoms with Crippen molar-refractivity contribution in [2.45, 2.75) is 26.3 Å². The van der Waals surface area contributed by atoms with Gasteiger partial charge in [0.05, 0.1) is 0 Å². The molecule has 0 heterocycles. The van der Waals surface area contributed by atoms with Gasteiger partial charge >= 0.3 is 5.97 Å². The van der Waals surface area contributed by atoms with Gasteiger partial charge in [-0.15, -0.1) is 0 Å². The zero-order valence-electron chi connectivity index (χ0n) is 7.47. The topological polar surface area (TPSA) is 66.4 Å². The number of hydrogen-bond acceptors (Lipinski definition) is 2. The quantitative estimate of drug-likeness (QED) is 0.609. The van der Waals surface area contributed by atoms with Crippen LogP contribution in [0.4, 0.5) is 0 Å². The molecule has 1 amide bonds. The maximum Gasteiger partial charge on any atom is 0.328 e. The highest BCUT2D eigenvalue weighted by Crippen LogP contribution is 2.02. The average molecular weight is 171 g/mol. The summed E-state index contributed by atoms with van der Waals surface area (Å²) in [4.78, 5) is 21.5. The van der Waals surface area contributed by atoms with Gasteiger partial charge in [0.2, 0.25) is 5.91 Å². The van der Waals surface area contributed by atoms with E-state index < -0.39 is 17.4 Å². The highest BCUT2D eigenvalue weighted by Gasteiger charge is 2.28. The van der Waals surface area contributed by atoms with Crippen molar-refractivity contribution in [3.8, 4) is 0 Å². The van der Waals surface area contributed by atoms with Crippen LogP contribution in [0.1, 0.15) is 20.8 Å². The summed E-state index contributed by atoms with van der Waals surface area (Å²) in [5, 5.41) is 10.9. The van der Waals surface area contributed by atoms with E-state index >= 15 is 0 Å². The number of carbonyl (C=O) groups is 2. The molecule has 0 bridgehead atoms. The van der Waals surface area contributed by atoms with E-state index in [2.05, 4.69) is 11.9 Å². The highest BCUT2D eigenvalue weighted by molar-refractivity contribution is 5.95. The van der Waals surface area contributed by atoms with E-state index in [1.165, 1.54) is 20.8 Å². The molecule has 0 aliphatic carbocycles. The highest BCUT2D eigenvalue weighted by atomic mass is 16.4. The van der Waals surface area contributed by atoms with Crippen LogP contribution in [-0.4, -0.2) is 22.5 Å². The second kappa shape index (κ2) is 3.38. The second-order valence-electron chi connectivity index (χ2n) is 3.16. The Kier molecular flexibility index (Phi) is 3.01. The number of nitrogens with one attached hydrogen (secondary N) is 1. The molecule has 0 fully saturated rings. The normalized spacial score (nSPS) is 10.6. The fourth-order valence-corrected chi connectivity index (χ4v) is 0.444. The molecular formula is C8H13NO3. The third-order valence-electron chi connectivity index (χ3n) is 1.35. The number of carboxylic acids is 1. The van der Waals surface area contributed by atoms with Crippen LogP contribution in [0.25, 0.3) is 0 Å². The van der Waals surface area contributed by atoms with Gasteiger partial charge in [-0.1, -0.05) is 6.58 Å². The second-order valence-corrected chi connectivity index (χ2v) is 3.16. The molecule has 0 atom stereocenters. The van der Waals surface area contributed by atoms with E-state index in [-0.39, 0.29) is 0 Å². The third kappa shape index (κ3) is 2.74. The Morgan fingerprint density at radius 2 is 1.83 bits per heavy atom. The van der Waals surface area contributed by atoms with Crippen LogP contribution in [0.2, 0.25) is 0 Å². The Hall–Kier alpha value is -1.32. The molecule has 0 spiro atoms. The summed E-state index contributed by atoms with van der Waals surface area (Å²) in [6.07, 6.45) is 0. The zero-order chi connectivity index (χ0) is 9.94. The summed E-state index contributed by atoms with van der Waals surface area (Å²) >= 11 is 0. The Bertz CT molecular complexity index is 230. The molecular weight excluding hydrogens is 158 g/mol. The van der Waals surface area contributed by atoms with Gasteiger partial charge in [0.1, 0.15) is 5.54 Å². The summed E-state index contributed by atoms with van der Waals surface area (Å²) in [7, 11) is 0. The zero-order valence-corrected chi connectivity index (χ0v) is 7.47. The summed E-state index contributed by atoms with van der Waals surface area (Å²) in [5.41, 5.74) is -0.944. The van der Waals surface area contributed by atoms with Gasteiger partial charge in [0.15, 0.2) is 0 Å². The first kappa shape index (κ1) is 10.7. The molecule has 0 aromatic carbocycles. The Balaban J connectivity index is 4.35. The summed E-state index contributed by atoms with van der Waals surface area (Å²) in [6, 6.07) is 0. The fraction of sp³-hybridized carbons (Fsp3) is 0.500. The van der Waals surface area contributed by atoms with Crippen molar-refractivity contribution in [3.63, 3.8) is 0 Å². The lowest BCUT2D eigenvalue weighted by molar-refractivity contribution is -0.145. The minimum atomic E-state index is -1.24. The fourth-order valence-electron chi connectivity index (χ4n) is 0.444. The van der Waals surface area contributed by atoms with Crippen molar-refractivity contribution in [3.05, 3.63) is 12.2 Å². The molecule has 4 heteroatoms. The Labute approximate surface area is 71.3 Å².